The molecule has 0 bridgehead atoms. The molecule has 2 aromatic heterocycles. The fourth-order valence-corrected chi connectivity index (χ4v) is 4.58. The van der Waals surface area contributed by atoms with Crippen molar-refractivity contribution in [2.45, 2.75) is 66.2 Å². The minimum absolute atomic E-state index is 0.0432. The first-order valence-corrected chi connectivity index (χ1v) is 8.94. The van der Waals surface area contributed by atoms with Gasteiger partial charge in [-0.05, 0) is 36.2 Å². The van der Waals surface area contributed by atoms with Crippen molar-refractivity contribution < 1.29 is 0 Å². The van der Waals surface area contributed by atoms with Crippen LogP contribution in [0.5, 0.6) is 0 Å². The Morgan fingerprint density at radius 1 is 1.18 bits per heavy atom. The lowest BCUT2D eigenvalue weighted by atomic mass is 9.72. The van der Waals surface area contributed by atoms with Crippen molar-refractivity contribution >= 4 is 21.6 Å². The third-order valence-electron chi connectivity index (χ3n) is 4.85. The standard InChI is InChI=1S/C18H26N2OS/c1-17(2,3)10-7-8-11-12(9-10)22-15-13(11)14(21)19-16(20-15)18(4,5)6/h10H,7-9H2,1-6H3,(H,19,20,21)/t10-/m1/s1. The molecular formula is C18H26N2OS. The van der Waals surface area contributed by atoms with Crippen LogP contribution >= 0.6 is 11.3 Å². The monoisotopic (exact) mass is 318 g/mol. The molecule has 3 rings (SSSR count). The van der Waals surface area contributed by atoms with E-state index >= 15 is 0 Å². The molecule has 2 heterocycles. The molecule has 1 atom stereocenters. The van der Waals surface area contributed by atoms with Gasteiger partial charge in [0.15, 0.2) is 0 Å². The second kappa shape index (κ2) is 4.92. The van der Waals surface area contributed by atoms with Crippen LogP contribution in [0.1, 0.15) is 64.2 Å². The summed E-state index contributed by atoms with van der Waals surface area (Å²) in [5, 5.41) is 0.848. The van der Waals surface area contributed by atoms with E-state index in [1.165, 1.54) is 16.9 Å². The van der Waals surface area contributed by atoms with Crippen LogP contribution in [0, 0.1) is 11.3 Å². The van der Waals surface area contributed by atoms with Crippen LogP contribution in [-0.2, 0) is 18.3 Å². The molecule has 22 heavy (non-hydrogen) atoms. The summed E-state index contributed by atoms with van der Waals surface area (Å²) in [7, 11) is 0. The number of aryl methyl sites for hydroxylation is 1. The first-order valence-electron chi connectivity index (χ1n) is 8.12. The lowest BCUT2D eigenvalue weighted by Gasteiger charge is -2.33. The van der Waals surface area contributed by atoms with E-state index in [2.05, 4.69) is 46.5 Å². The summed E-state index contributed by atoms with van der Waals surface area (Å²) in [6.45, 7) is 13.2. The molecule has 4 heteroatoms. The molecule has 1 aliphatic carbocycles. The van der Waals surface area contributed by atoms with Crippen LogP contribution in [0.15, 0.2) is 4.79 Å². The lowest BCUT2D eigenvalue weighted by molar-refractivity contribution is 0.218. The molecule has 120 valence electrons. The average Bonchev–Trinajstić information content (AvgIpc) is 2.74. The van der Waals surface area contributed by atoms with Gasteiger partial charge < -0.3 is 4.98 Å². The molecule has 0 fully saturated rings. The van der Waals surface area contributed by atoms with E-state index in [1.54, 1.807) is 11.3 Å². The van der Waals surface area contributed by atoms with Crippen molar-refractivity contribution in [3.8, 4) is 0 Å². The van der Waals surface area contributed by atoms with Crippen LogP contribution in [0.2, 0.25) is 0 Å². The van der Waals surface area contributed by atoms with Crippen molar-refractivity contribution in [2.75, 3.05) is 0 Å². The number of aromatic amines is 1. The number of hydrogen-bond donors (Lipinski definition) is 1. The number of nitrogens with zero attached hydrogens (tertiary/aromatic N) is 1. The fraction of sp³-hybridized carbons (Fsp3) is 0.667. The first kappa shape index (κ1) is 15.7. The van der Waals surface area contributed by atoms with E-state index in [9.17, 15) is 4.79 Å². The molecule has 0 unspecified atom stereocenters. The van der Waals surface area contributed by atoms with E-state index in [0.29, 0.717) is 11.3 Å². The zero-order valence-corrected chi connectivity index (χ0v) is 15.3. The summed E-state index contributed by atoms with van der Waals surface area (Å²) < 4.78 is 0. The van der Waals surface area contributed by atoms with Crippen LogP contribution < -0.4 is 5.56 Å². The predicted octanol–water partition coefficient (Wildman–Crippen LogP) is 4.43. The largest absolute Gasteiger partial charge is 0.309 e. The highest BCUT2D eigenvalue weighted by molar-refractivity contribution is 7.18. The highest BCUT2D eigenvalue weighted by atomic mass is 32.1. The topological polar surface area (TPSA) is 45.8 Å². The van der Waals surface area contributed by atoms with Gasteiger partial charge in [0.05, 0.1) is 5.39 Å². The quantitative estimate of drug-likeness (QED) is 0.781. The summed E-state index contributed by atoms with van der Waals surface area (Å²) >= 11 is 1.73. The van der Waals surface area contributed by atoms with E-state index < -0.39 is 0 Å². The maximum absolute atomic E-state index is 12.6. The number of fused-ring (bicyclic) bond motifs is 3. The van der Waals surface area contributed by atoms with Crippen LogP contribution in [0.25, 0.3) is 10.2 Å². The van der Waals surface area contributed by atoms with Gasteiger partial charge in [-0.2, -0.15) is 0 Å². The van der Waals surface area contributed by atoms with Gasteiger partial charge >= 0.3 is 0 Å². The van der Waals surface area contributed by atoms with Gasteiger partial charge in [0.1, 0.15) is 10.7 Å². The maximum atomic E-state index is 12.6. The molecule has 0 aromatic carbocycles. The third-order valence-corrected chi connectivity index (χ3v) is 6.00. The normalized spacial score (nSPS) is 19.5. The van der Waals surface area contributed by atoms with Crippen molar-refractivity contribution in [1.29, 1.82) is 0 Å². The molecule has 1 N–H and O–H groups in total. The molecule has 0 amide bonds. The van der Waals surface area contributed by atoms with E-state index in [-0.39, 0.29) is 11.0 Å². The molecular weight excluding hydrogens is 292 g/mol. The van der Waals surface area contributed by atoms with Crippen molar-refractivity contribution in [3.63, 3.8) is 0 Å². The number of thiophene rings is 1. The van der Waals surface area contributed by atoms with Gasteiger partial charge in [-0.1, -0.05) is 41.5 Å². The molecule has 0 saturated heterocycles. The summed E-state index contributed by atoms with van der Waals surface area (Å²) in [6, 6.07) is 0. The molecule has 0 spiro atoms. The zero-order chi connectivity index (χ0) is 16.3. The van der Waals surface area contributed by atoms with Gasteiger partial charge in [0.2, 0.25) is 0 Å². The lowest BCUT2D eigenvalue weighted by Crippen LogP contribution is -2.26. The highest BCUT2D eigenvalue weighted by Crippen LogP contribution is 2.42. The van der Waals surface area contributed by atoms with Gasteiger partial charge in [-0.3, -0.25) is 4.79 Å². The van der Waals surface area contributed by atoms with Crippen molar-refractivity contribution in [3.05, 3.63) is 26.6 Å². The maximum Gasteiger partial charge on any atom is 0.259 e. The molecule has 0 aliphatic heterocycles. The van der Waals surface area contributed by atoms with Gasteiger partial charge in [-0.25, -0.2) is 4.98 Å². The Morgan fingerprint density at radius 3 is 2.45 bits per heavy atom. The Labute approximate surface area is 136 Å². The van der Waals surface area contributed by atoms with Crippen molar-refractivity contribution in [1.82, 2.24) is 9.97 Å². The smallest absolute Gasteiger partial charge is 0.259 e. The van der Waals surface area contributed by atoms with E-state index in [4.69, 9.17) is 4.98 Å². The van der Waals surface area contributed by atoms with Crippen LogP contribution in [0.3, 0.4) is 0 Å². The van der Waals surface area contributed by atoms with Gasteiger partial charge in [-0.15, -0.1) is 11.3 Å². The SMILES string of the molecule is CC(C)(C)c1nc2sc3c(c2c(=O)[nH]1)CC[C@@H](C(C)(C)C)C3. The van der Waals surface area contributed by atoms with Crippen molar-refractivity contribution in [2.24, 2.45) is 11.3 Å². The third kappa shape index (κ3) is 2.62. The van der Waals surface area contributed by atoms with E-state index in [1.807, 2.05) is 0 Å². The number of H-pyrrole nitrogens is 1. The van der Waals surface area contributed by atoms with E-state index in [0.717, 1.165) is 28.9 Å². The van der Waals surface area contributed by atoms with Gasteiger partial charge in [0.25, 0.3) is 5.56 Å². The minimum Gasteiger partial charge on any atom is -0.309 e. The number of nitrogens with one attached hydrogen (secondary N) is 1. The molecule has 1 aliphatic rings. The number of aromatic nitrogens is 2. The van der Waals surface area contributed by atoms with Crippen LogP contribution in [0.4, 0.5) is 0 Å². The molecule has 0 radical (unpaired) electrons. The summed E-state index contributed by atoms with van der Waals surface area (Å²) in [6.07, 6.45) is 3.27. The van der Waals surface area contributed by atoms with Gasteiger partial charge in [0, 0.05) is 10.3 Å². The zero-order valence-electron chi connectivity index (χ0n) is 14.5. The second-order valence-electron chi connectivity index (χ2n) is 8.65. The number of hydrogen-bond acceptors (Lipinski definition) is 3. The molecule has 3 nitrogen and oxygen atoms in total. The summed E-state index contributed by atoms with van der Waals surface area (Å²) in [5.41, 5.74) is 1.49. The Bertz CT molecular complexity index is 771. The van der Waals surface area contributed by atoms with Crippen LogP contribution in [-0.4, -0.2) is 9.97 Å². The first-order chi connectivity index (χ1) is 10.1. The second-order valence-corrected chi connectivity index (χ2v) is 9.74. The molecule has 2 aromatic rings. The minimum atomic E-state index is -0.133. The predicted molar refractivity (Wildman–Crippen MR) is 93.9 cm³/mol. The Balaban J connectivity index is 2.13. The highest BCUT2D eigenvalue weighted by Gasteiger charge is 2.32. The Kier molecular flexibility index (Phi) is 3.52. The summed E-state index contributed by atoms with van der Waals surface area (Å²) in [5.74, 6) is 1.48. The molecule has 0 saturated carbocycles. The summed E-state index contributed by atoms with van der Waals surface area (Å²) in [4.78, 5) is 22.6. The average molecular weight is 318 g/mol. The fourth-order valence-electron chi connectivity index (χ4n) is 3.28. The number of rotatable bonds is 0. The Morgan fingerprint density at radius 2 is 1.86 bits per heavy atom. The Hall–Kier alpha value is -1.16.